The molecule has 2 N–H and O–H groups in total. The number of anilines is 2. The summed E-state index contributed by atoms with van der Waals surface area (Å²) in [6.45, 7) is 3.25. The first-order valence-corrected chi connectivity index (χ1v) is 8.66. The van der Waals surface area contributed by atoms with Crippen LogP contribution in [0.2, 0.25) is 5.02 Å². The number of methoxy groups -OCH3 is 1. The van der Waals surface area contributed by atoms with Gasteiger partial charge in [0.15, 0.2) is 0 Å². The fourth-order valence-corrected chi connectivity index (χ4v) is 2.59. The lowest BCUT2D eigenvalue weighted by Crippen LogP contribution is -2.28. The highest BCUT2D eigenvalue weighted by molar-refractivity contribution is 6.32. The van der Waals surface area contributed by atoms with Crippen molar-refractivity contribution in [1.29, 1.82) is 0 Å². The highest BCUT2D eigenvalue weighted by Gasteiger charge is 2.11. The third-order valence-electron chi connectivity index (χ3n) is 3.56. The van der Waals surface area contributed by atoms with Crippen LogP contribution in [-0.2, 0) is 0 Å². The van der Waals surface area contributed by atoms with Gasteiger partial charge in [-0.2, -0.15) is 0 Å². The van der Waals surface area contributed by atoms with Crippen molar-refractivity contribution in [2.75, 3.05) is 39.6 Å². The molecule has 7 nitrogen and oxygen atoms in total. The lowest BCUT2D eigenvalue weighted by molar-refractivity contribution is 0.0947. The Morgan fingerprint density at radius 3 is 2.69 bits per heavy atom. The Labute approximate surface area is 158 Å². The molecule has 0 aliphatic heterocycles. The van der Waals surface area contributed by atoms with Crippen LogP contribution in [0.25, 0.3) is 0 Å². The zero-order valence-electron chi connectivity index (χ0n) is 15.5. The first-order chi connectivity index (χ1) is 12.4. The van der Waals surface area contributed by atoms with Crippen LogP contribution in [0.15, 0.2) is 24.3 Å². The number of ether oxygens (including phenoxy) is 1. The van der Waals surface area contributed by atoms with Crippen LogP contribution in [0, 0.1) is 6.92 Å². The van der Waals surface area contributed by atoms with Crippen molar-refractivity contribution in [2.24, 2.45) is 0 Å². The van der Waals surface area contributed by atoms with E-state index in [2.05, 4.69) is 25.5 Å². The van der Waals surface area contributed by atoms with Crippen LogP contribution >= 0.6 is 11.6 Å². The first kappa shape index (κ1) is 19.9. The largest absolute Gasteiger partial charge is 0.495 e. The molecule has 0 aliphatic rings. The van der Waals surface area contributed by atoms with E-state index < -0.39 is 0 Å². The Morgan fingerprint density at radius 2 is 2.04 bits per heavy atom. The second-order valence-corrected chi connectivity index (χ2v) is 6.48. The standard InChI is InChI=1S/C18H24ClN5O2/c1-12-21-15(18(25)20-8-5-9-24(2)3)11-17(22-12)23-13-6-7-16(26-4)14(19)10-13/h6-7,10-11H,5,8-9H2,1-4H3,(H,20,25)(H,21,22,23). The molecule has 0 saturated carbocycles. The molecule has 140 valence electrons. The van der Waals surface area contributed by atoms with Gasteiger partial charge in [0.1, 0.15) is 23.1 Å². The van der Waals surface area contributed by atoms with E-state index in [-0.39, 0.29) is 5.91 Å². The van der Waals surface area contributed by atoms with Crippen molar-refractivity contribution in [2.45, 2.75) is 13.3 Å². The molecule has 0 unspecified atom stereocenters. The molecule has 2 rings (SSSR count). The summed E-state index contributed by atoms with van der Waals surface area (Å²) in [6.07, 6.45) is 0.873. The Kier molecular flexibility index (Phi) is 7.17. The number of rotatable bonds is 8. The summed E-state index contributed by atoms with van der Waals surface area (Å²) in [5.41, 5.74) is 1.07. The van der Waals surface area contributed by atoms with Gasteiger partial charge >= 0.3 is 0 Å². The lowest BCUT2D eigenvalue weighted by Gasteiger charge is -2.11. The molecule has 8 heteroatoms. The summed E-state index contributed by atoms with van der Waals surface area (Å²) in [5.74, 6) is 1.41. The highest BCUT2D eigenvalue weighted by Crippen LogP contribution is 2.28. The van der Waals surface area contributed by atoms with Crippen LogP contribution in [0.4, 0.5) is 11.5 Å². The van der Waals surface area contributed by atoms with E-state index in [9.17, 15) is 4.79 Å². The number of carbonyl (C=O) groups excluding carboxylic acids is 1. The molecule has 26 heavy (non-hydrogen) atoms. The molecule has 0 bridgehead atoms. The number of hydrogen-bond acceptors (Lipinski definition) is 6. The molecular formula is C18H24ClN5O2. The van der Waals surface area contributed by atoms with E-state index in [0.717, 1.165) is 18.7 Å². The van der Waals surface area contributed by atoms with Crippen molar-refractivity contribution >= 4 is 29.0 Å². The predicted octanol–water partition coefficient (Wildman–Crippen LogP) is 2.87. The molecule has 0 radical (unpaired) electrons. The van der Waals surface area contributed by atoms with Gasteiger partial charge in [-0.15, -0.1) is 0 Å². The molecule has 2 aromatic rings. The van der Waals surface area contributed by atoms with Crippen molar-refractivity contribution in [3.8, 4) is 5.75 Å². The summed E-state index contributed by atoms with van der Waals surface area (Å²) >= 11 is 6.14. The fourth-order valence-electron chi connectivity index (χ4n) is 2.33. The smallest absolute Gasteiger partial charge is 0.270 e. The fraction of sp³-hybridized carbons (Fsp3) is 0.389. The molecule has 0 atom stereocenters. The number of carbonyl (C=O) groups is 1. The second-order valence-electron chi connectivity index (χ2n) is 6.07. The Hall–Kier alpha value is -2.38. The second kappa shape index (κ2) is 9.35. The SMILES string of the molecule is COc1ccc(Nc2cc(C(=O)NCCCN(C)C)nc(C)n2)cc1Cl. The molecular weight excluding hydrogens is 354 g/mol. The van der Waals surface area contributed by atoms with Gasteiger partial charge in [0.2, 0.25) is 0 Å². The summed E-state index contributed by atoms with van der Waals surface area (Å²) in [4.78, 5) is 22.9. The van der Waals surface area contributed by atoms with E-state index in [4.69, 9.17) is 16.3 Å². The first-order valence-electron chi connectivity index (χ1n) is 8.28. The average molecular weight is 378 g/mol. The van der Waals surface area contributed by atoms with Gasteiger partial charge < -0.3 is 20.3 Å². The van der Waals surface area contributed by atoms with E-state index in [1.54, 1.807) is 32.2 Å². The van der Waals surface area contributed by atoms with E-state index in [0.29, 0.717) is 34.7 Å². The van der Waals surface area contributed by atoms with Gasteiger partial charge in [-0.05, 0) is 52.2 Å². The third kappa shape index (κ3) is 5.86. The van der Waals surface area contributed by atoms with E-state index >= 15 is 0 Å². The number of nitrogens with zero attached hydrogens (tertiary/aromatic N) is 3. The van der Waals surface area contributed by atoms with Crippen molar-refractivity contribution in [3.05, 3.63) is 40.8 Å². The zero-order valence-corrected chi connectivity index (χ0v) is 16.2. The topological polar surface area (TPSA) is 79.4 Å². The summed E-state index contributed by atoms with van der Waals surface area (Å²) in [5, 5.41) is 6.50. The minimum atomic E-state index is -0.218. The molecule has 1 heterocycles. The van der Waals surface area contributed by atoms with Gasteiger partial charge in [0, 0.05) is 18.3 Å². The number of amides is 1. The van der Waals surface area contributed by atoms with Crippen molar-refractivity contribution in [1.82, 2.24) is 20.2 Å². The quantitative estimate of drug-likeness (QED) is 0.688. The zero-order chi connectivity index (χ0) is 19.1. The number of halogens is 1. The van der Waals surface area contributed by atoms with Crippen molar-refractivity contribution in [3.63, 3.8) is 0 Å². The summed E-state index contributed by atoms with van der Waals surface area (Å²) < 4.78 is 5.14. The number of hydrogen-bond donors (Lipinski definition) is 2. The van der Waals surface area contributed by atoms with Gasteiger partial charge in [0.25, 0.3) is 5.91 Å². The molecule has 0 aliphatic carbocycles. The normalized spacial score (nSPS) is 10.7. The average Bonchev–Trinajstić information content (AvgIpc) is 2.58. The summed E-state index contributed by atoms with van der Waals surface area (Å²) in [7, 11) is 5.56. The third-order valence-corrected chi connectivity index (χ3v) is 3.86. The maximum absolute atomic E-state index is 12.3. The van der Waals surface area contributed by atoms with E-state index in [1.165, 1.54) is 0 Å². The number of nitrogens with one attached hydrogen (secondary N) is 2. The van der Waals surface area contributed by atoms with Gasteiger partial charge in [0.05, 0.1) is 12.1 Å². The Bertz CT molecular complexity index is 767. The molecule has 1 aromatic carbocycles. The number of benzene rings is 1. The number of aryl methyl sites for hydroxylation is 1. The maximum atomic E-state index is 12.3. The molecule has 1 aromatic heterocycles. The Morgan fingerprint density at radius 1 is 1.27 bits per heavy atom. The van der Waals surface area contributed by atoms with Crippen LogP contribution in [-0.4, -0.2) is 55.1 Å². The molecule has 0 saturated heterocycles. The minimum Gasteiger partial charge on any atom is -0.495 e. The monoisotopic (exact) mass is 377 g/mol. The van der Waals surface area contributed by atoms with Crippen LogP contribution in [0.5, 0.6) is 5.75 Å². The number of aromatic nitrogens is 2. The van der Waals surface area contributed by atoms with Gasteiger partial charge in [-0.3, -0.25) is 4.79 Å². The highest BCUT2D eigenvalue weighted by atomic mass is 35.5. The molecule has 0 spiro atoms. The Balaban J connectivity index is 2.06. The minimum absolute atomic E-state index is 0.218. The molecule has 0 fully saturated rings. The molecule has 1 amide bonds. The predicted molar refractivity (Wildman–Crippen MR) is 104 cm³/mol. The van der Waals surface area contributed by atoms with Crippen LogP contribution in [0.1, 0.15) is 22.7 Å². The van der Waals surface area contributed by atoms with Gasteiger partial charge in [-0.1, -0.05) is 11.6 Å². The van der Waals surface area contributed by atoms with Crippen molar-refractivity contribution < 1.29 is 9.53 Å². The maximum Gasteiger partial charge on any atom is 0.270 e. The van der Waals surface area contributed by atoms with Crippen LogP contribution in [0.3, 0.4) is 0 Å². The van der Waals surface area contributed by atoms with Crippen LogP contribution < -0.4 is 15.4 Å². The lowest BCUT2D eigenvalue weighted by atomic mass is 10.3. The van der Waals surface area contributed by atoms with Gasteiger partial charge in [-0.25, -0.2) is 9.97 Å². The summed E-state index contributed by atoms with van der Waals surface area (Å²) in [6, 6.07) is 6.94. The van der Waals surface area contributed by atoms with E-state index in [1.807, 2.05) is 20.2 Å².